The molecule has 0 N–H and O–H groups in total. The van der Waals surface area contributed by atoms with Crippen LogP contribution >= 0.6 is 0 Å². The summed E-state index contributed by atoms with van der Waals surface area (Å²) in [5.74, 6) is 0. The molecular formula is C14H28N2. The lowest BCUT2D eigenvalue weighted by atomic mass is 9.92. The lowest BCUT2D eigenvalue weighted by molar-refractivity contribution is 0.562. The fourth-order valence-corrected chi connectivity index (χ4v) is 0.903. The van der Waals surface area contributed by atoms with E-state index in [2.05, 4.69) is 30.7 Å². The van der Waals surface area contributed by atoms with Crippen molar-refractivity contribution in [2.24, 2.45) is 0 Å². The normalized spacial score (nSPS) is 9.56. The minimum Gasteiger partial charge on any atom is -0.258 e. The number of nitrogens with zero attached hydrogens (tertiary/aromatic N) is 2. The van der Waals surface area contributed by atoms with Crippen molar-refractivity contribution in [3.63, 3.8) is 0 Å². The first kappa shape index (κ1) is 17.5. The van der Waals surface area contributed by atoms with E-state index in [1.54, 1.807) is 0 Å². The van der Waals surface area contributed by atoms with E-state index in [1.807, 2.05) is 47.7 Å². The van der Waals surface area contributed by atoms with Crippen LogP contribution in [0.2, 0.25) is 0 Å². The Hall–Kier alpha value is -0.920. The lowest BCUT2D eigenvalue weighted by Crippen LogP contribution is -2.15. The highest BCUT2D eigenvalue weighted by molar-refractivity contribution is 5.15. The van der Waals surface area contributed by atoms with Crippen LogP contribution in [0.1, 0.15) is 65.5 Å². The first-order valence-corrected chi connectivity index (χ1v) is 6.22. The lowest BCUT2D eigenvalue weighted by Gasteiger charge is -2.17. The van der Waals surface area contributed by atoms with Crippen LogP contribution in [-0.4, -0.2) is 9.97 Å². The van der Waals surface area contributed by atoms with Gasteiger partial charge < -0.3 is 0 Å². The molecule has 0 radical (unpaired) electrons. The summed E-state index contributed by atoms with van der Waals surface area (Å²) >= 11 is 0. The first-order valence-electron chi connectivity index (χ1n) is 6.22. The van der Waals surface area contributed by atoms with Gasteiger partial charge in [-0.25, -0.2) is 0 Å². The first-order chi connectivity index (χ1) is 7.41. The summed E-state index contributed by atoms with van der Waals surface area (Å²) in [5.41, 5.74) is 3.21. The summed E-state index contributed by atoms with van der Waals surface area (Å²) in [6.45, 7) is 18.4. The van der Waals surface area contributed by atoms with Crippen LogP contribution in [0.25, 0.3) is 0 Å². The summed E-state index contributed by atoms with van der Waals surface area (Å²) in [6, 6.07) is 0. The molecular weight excluding hydrogens is 196 g/mol. The highest BCUT2D eigenvalue weighted by Gasteiger charge is 2.15. The molecule has 1 heterocycles. The molecule has 1 aromatic heterocycles. The Morgan fingerprint density at radius 1 is 0.875 bits per heavy atom. The fourth-order valence-electron chi connectivity index (χ4n) is 0.903. The maximum atomic E-state index is 4.48. The van der Waals surface area contributed by atoms with E-state index in [4.69, 9.17) is 0 Å². The SMILES string of the molecule is CC.CC.Cc1ncc(C(C)(C)C)nc1C. The quantitative estimate of drug-likeness (QED) is 0.651. The third-order valence-electron chi connectivity index (χ3n) is 1.96. The second kappa shape index (κ2) is 8.26. The summed E-state index contributed by atoms with van der Waals surface area (Å²) in [6.07, 6.45) is 1.86. The van der Waals surface area contributed by atoms with Gasteiger partial charge in [-0.3, -0.25) is 9.97 Å². The standard InChI is InChI=1S/C10H16N2.2C2H6/c1-7-8(2)12-9(6-11-7)10(3,4)5;2*1-2/h6H,1-5H3;2*1-2H3. The second-order valence-electron chi connectivity index (χ2n) is 4.18. The van der Waals surface area contributed by atoms with Crippen LogP contribution in [0.5, 0.6) is 0 Å². The van der Waals surface area contributed by atoms with Crippen molar-refractivity contribution < 1.29 is 0 Å². The predicted molar refractivity (Wildman–Crippen MR) is 72.9 cm³/mol. The van der Waals surface area contributed by atoms with Crippen LogP contribution < -0.4 is 0 Å². The van der Waals surface area contributed by atoms with Gasteiger partial charge in [0.1, 0.15) is 0 Å². The predicted octanol–water partition coefficient (Wildman–Crippen LogP) is 4.44. The Morgan fingerprint density at radius 2 is 1.31 bits per heavy atom. The van der Waals surface area contributed by atoms with Crippen molar-refractivity contribution in [1.29, 1.82) is 0 Å². The molecule has 0 atom stereocenters. The molecule has 2 heteroatoms. The van der Waals surface area contributed by atoms with Gasteiger partial charge in [-0.1, -0.05) is 48.5 Å². The van der Waals surface area contributed by atoms with Crippen molar-refractivity contribution in [2.75, 3.05) is 0 Å². The topological polar surface area (TPSA) is 25.8 Å². The van der Waals surface area contributed by atoms with Crippen molar-refractivity contribution in [3.8, 4) is 0 Å². The van der Waals surface area contributed by atoms with E-state index in [-0.39, 0.29) is 5.41 Å². The smallest absolute Gasteiger partial charge is 0.0643 e. The maximum absolute atomic E-state index is 4.48. The van der Waals surface area contributed by atoms with E-state index in [9.17, 15) is 0 Å². The minimum atomic E-state index is 0.103. The van der Waals surface area contributed by atoms with Crippen LogP contribution in [0.15, 0.2) is 6.20 Å². The zero-order valence-corrected chi connectivity index (χ0v) is 12.5. The zero-order valence-electron chi connectivity index (χ0n) is 12.5. The van der Waals surface area contributed by atoms with E-state index in [0.717, 1.165) is 17.1 Å². The third-order valence-corrected chi connectivity index (χ3v) is 1.96. The van der Waals surface area contributed by atoms with Crippen LogP contribution in [-0.2, 0) is 5.41 Å². The molecule has 0 fully saturated rings. The molecule has 0 saturated carbocycles. The van der Waals surface area contributed by atoms with Gasteiger partial charge in [-0.15, -0.1) is 0 Å². The van der Waals surface area contributed by atoms with E-state index in [1.165, 1.54) is 0 Å². The highest BCUT2D eigenvalue weighted by Crippen LogP contribution is 2.19. The third kappa shape index (κ3) is 5.84. The molecule has 94 valence electrons. The van der Waals surface area contributed by atoms with Gasteiger partial charge in [0.05, 0.1) is 17.1 Å². The maximum Gasteiger partial charge on any atom is 0.0643 e. The molecule has 1 aromatic rings. The zero-order chi connectivity index (χ0) is 13.4. The van der Waals surface area contributed by atoms with Crippen LogP contribution in [0.4, 0.5) is 0 Å². The summed E-state index contributed by atoms with van der Waals surface area (Å²) < 4.78 is 0. The molecule has 16 heavy (non-hydrogen) atoms. The summed E-state index contributed by atoms with van der Waals surface area (Å²) in [7, 11) is 0. The van der Waals surface area contributed by atoms with Gasteiger partial charge in [-0.05, 0) is 13.8 Å². The number of hydrogen-bond donors (Lipinski definition) is 0. The van der Waals surface area contributed by atoms with Gasteiger partial charge in [-0.2, -0.15) is 0 Å². The Labute approximate surface area is 102 Å². The van der Waals surface area contributed by atoms with Crippen molar-refractivity contribution in [2.45, 2.75) is 67.7 Å². The second-order valence-corrected chi connectivity index (χ2v) is 4.18. The van der Waals surface area contributed by atoms with Gasteiger partial charge in [0.15, 0.2) is 0 Å². The molecule has 0 unspecified atom stereocenters. The number of aryl methyl sites for hydroxylation is 2. The molecule has 2 nitrogen and oxygen atoms in total. The number of rotatable bonds is 0. The summed E-state index contributed by atoms with van der Waals surface area (Å²) in [4.78, 5) is 8.76. The minimum absolute atomic E-state index is 0.103. The van der Waals surface area contributed by atoms with Crippen molar-refractivity contribution in [1.82, 2.24) is 9.97 Å². The Balaban J connectivity index is 0. The average molecular weight is 224 g/mol. The number of aromatic nitrogens is 2. The van der Waals surface area contributed by atoms with E-state index < -0.39 is 0 Å². The van der Waals surface area contributed by atoms with Crippen LogP contribution in [0.3, 0.4) is 0 Å². The molecule has 0 aliphatic rings. The van der Waals surface area contributed by atoms with E-state index in [0.29, 0.717) is 0 Å². The Bertz CT molecular complexity index is 285. The highest BCUT2D eigenvalue weighted by atomic mass is 14.8. The molecule has 1 rings (SSSR count). The van der Waals surface area contributed by atoms with Gasteiger partial charge in [0.25, 0.3) is 0 Å². The molecule has 0 aliphatic carbocycles. The van der Waals surface area contributed by atoms with Crippen LogP contribution in [0, 0.1) is 13.8 Å². The average Bonchev–Trinajstić information content (AvgIpc) is 2.26. The monoisotopic (exact) mass is 224 g/mol. The van der Waals surface area contributed by atoms with Gasteiger partial charge in [0.2, 0.25) is 0 Å². The van der Waals surface area contributed by atoms with Crippen molar-refractivity contribution in [3.05, 3.63) is 23.3 Å². The van der Waals surface area contributed by atoms with Crippen molar-refractivity contribution >= 4 is 0 Å². The molecule has 0 spiro atoms. The fraction of sp³-hybridized carbons (Fsp3) is 0.714. The van der Waals surface area contributed by atoms with Gasteiger partial charge >= 0.3 is 0 Å². The Kier molecular flexibility index (Phi) is 9.02. The molecule has 0 bridgehead atoms. The number of hydrogen-bond acceptors (Lipinski definition) is 2. The summed E-state index contributed by atoms with van der Waals surface area (Å²) in [5, 5.41) is 0. The largest absolute Gasteiger partial charge is 0.258 e. The molecule has 0 saturated heterocycles. The molecule has 0 amide bonds. The molecule has 0 aliphatic heterocycles. The molecule has 0 aromatic carbocycles. The van der Waals surface area contributed by atoms with E-state index >= 15 is 0 Å². The Morgan fingerprint density at radius 3 is 1.62 bits per heavy atom. The van der Waals surface area contributed by atoms with Gasteiger partial charge in [0, 0.05) is 11.6 Å².